The molecule has 0 bridgehead atoms. The molecule has 1 unspecified atom stereocenters. The fraction of sp³-hybridized carbons (Fsp3) is 0.438. The van der Waals surface area contributed by atoms with Crippen molar-refractivity contribution in [3.05, 3.63) is 47.9 Å². The van der Waals surface area contributed by atoms with Crippen molar-refractivity contribution < 1.29 is 4.39 Å². The summed E-state index contributed by atoms with van der Waals surface area (Å²) in [5.74, 6) is 0.603. The van der Waals surface area contributed by atoms with Crippen LogP contribution < -0.4 is 16.0 Å². The van der Waals surface area contributed by atoms with E-state index in [1.54, 1.807) is 18.3 Å². The molecule has 2 aliphatic heterocycles. The molecule has 1 atom stereocenters. The number of amidine groups is 1. The van der Waals surface area contributed by atoms with Crippen molar-refractivity contribution in [1.29, 1.82) is 0 Å². The van der Waals surface area contributed by atoms with Crippen molar-refractivity contribution in [3.63, 3.8) is 0 Å². The van der Waals surface area contributed by atoms with Crippen molar-refractivity contribution in [3.8, 4) is 0 Å². The Hall–Kier alpha value is -1.18. The molecule has 3 rings (SSSR count). The van der Waals surface area contributed by atoms with Crippen LogP contribution in [0.1, 0.15) is 12.5 Å². The first kappa shape index (κ1) is 20.9. The Kier molecular flexibility index (Phi) is 8.12. The van der Waals surface area contributed by atoms with Gasteiger partial charge in [-0.05, 0) is 30.7 Å². The molecule has 5 nitrogen and oxygen atoms in total. The Morgan fingerprint density at radius 2 is 1.88 bits per heavy atom. The molecule has 0 radical (unpaired) electrons. The molecule has 8 heteroatoms. The largest absolute Gasteiger partial charge is 0.349 e. The minimum absolute atomic E-state index is 0. The van der Waals surface area contributed by atoms with Gasteiger partial charge in [-0.25, -0.2) is 9.38 Å². The smallest absolute Gasteiger partial charge is 0.138 e. The lowest BCUT2D eigenvalue weighted by Gasteiger charge is -2.38. The molecule has 0 amide bonds. The molecule has 3 N–H and O–H groups in total. The monoisotopic (exact) mass is 375 g/mol. The second-order valence-electron chi connectivity index (χ2n) is 5.67. The Morgan fingerprint density at radius 3 is 2.50 bits per heavy atom. The lowest BCUT2D eigenvalue weighted by molar-refractivity contribution is 0.192. The van der Waals surface area contributed by atoms with Crippen LogP contribution in [0.5, 0.6) is 0 Å². The highest BCUT2D eigenvalue weighted by Gasteiger charge is 2.31. The van der Waals surface area contributed by atoms with Gasteiger partial charge in [-0.2, -0.15) is 0 Å². The van der Waals surface area contributed by atoms with Gasteiger partial charge in [-0.3, -0.25) is 10.2 Å². The molecule has 1 fully saturated rings. The molecule has 134 valence electrons. The molecular weight excluding hydrogens is 352 g/mol. The topological polar surface area (TPSA) is 51.7 Å². The maximum Gasteiger partial charge on any atom is 0.138 e. The zero-order chi connectivity index (χ0) is 15.4. The standard InChI is InChI=1S/C16H22FN5.2ClH/c1-13-19-7-6-16(21-13,14-2-4-15(17)5-3-14)20-12-22-10-8-18-9-11-22;;/h2-7,18,20H,8-12H2,1H3,(H,19,21);2*1H. The SMILES string of the molecule is CC1=NC=CC(NCN2CCNCC2)(c2ccc(F)cc2)N1.Cl.Cl. The van der Waals surface area contributed by atoms with Gasteiger partial charge in [0.05, 0.1) is 6.67 Å². The molecule has 2 heterocycles. The van der Waals surface area contributed by atoms with Crippen LogP contribution in [0.25, 0.3) is 0 Å². The molecule has 1 aromatic rings. The van der Waals surface area contributed by atoms with Gasteiger partial charge < -0.3 is 10.6 Å². The van der Waals surface area contributed by atoms with Gasteiger partial charge in [0.15, 0.2) is 0 Å². The third kappa shape index (κ3) is 4.91. The van der Waals surface area contributed by atoms with E-state index in [1.165, 1.54) is 12.1 Å². The fourth-order valence-corrected chi connectivity index (χ4v) is 2.81. The van der Waals surface area contributed by atoms with Crippen LogP contribution in [0, 0.1) is 5.82 Å². The number of aliphatic imine (C=N–C) groups is 1. The van der Waals surface area contributed by atoms with Crippen molar-refractivity contribution in [1.82, 2.24) is 20.9 Å². The first-order valence-electron chi connectivity index (χ1n) is 7.62. The highest BCUT2D eigenvalue weighted by Crippen LogP contribution is 2.23. The summed E-state index contributed by atoms with van der Waals surface area (Å²) in [5.41, 5.74) is 0.416. The van der Waals surface area contributed by atoms with Crippen LogP contribution in [0.2, 0.25) is 0 Å². The second kappa shape index (κ2) is 9.34. The average Bonchev–Trinajstić information content (AvgIpc) is 2.55. The molecule has 0 aliphatic carbocycles. The van der Waals surface area contributed by atoms with Gasteiger partial charge in [0.1, 0.15) is 17.3 Å². The number of piperazine rings is 1. The predicted molar refractivity (Wildman–Crippen MR) is 100 cm³/mol. The lowest BCUT2D eigenvalue weighted by Crippen LogP contribution is -2.59. The zero-order valence-electron chi connectivity index (χ0n) is 13.6. The lowest BCUT2D eigenvalue weighted by atomic mass is 9.98. The van der Waals surface area contributed by atoms with E-state index in [9.17, 15) is 4.39 Å². The summed E-state index contributed by atoms with van der Waals surface area (Å²) in [6.45, 7) is 6.73. The number of nitrogens with zero attached hydrogens (tertiary/aromatic N) is 2. The van der Waals surface area contributed by atoms with E-state index < -0.39 is 5.66 Å². The number of hydrogen-bond donors (Lipinski definition) is 3. The first-order chi connectivity index (χ1) is 10.7. The van der Waals surface area contributed by atoms with Crippen molar-refractivity contribution in [2.45, 2.75) is 12.6 Å². The summed E-state index contributed by atoms with van der Waals surface area (Å²) in [5, 5.41) is 10.3. The second-order valence-corrected chi connectivity index (χ2v) is 5.67. The maximum atomic E-state index is 13.2. The Labute approximate surface area is 154 Å². The van der Waals surface area contributed by atoms with Crippen LogP contribution >= 0.6 is 24.8 Å². The summed E-state index contributed by atoms with van der Waals surface area (Å²) in [6.07, 6.45) is 3.77. The number of benzene rings is 1. The van der Waals surface area contributed by atoms with Gasteiger partial charge in [-0.1, -0.05) is 12.1 Å². The molecule has 1 saturated heterocycles. The van der Waals surface area contributed by atoms with E-state index in [1.807, 2.05) is 13.0 Å². The van der Waals surface area contributed by atoms with Crippen LogP contribution in [0.4, 0.5) is 4.39 Å². The molecule has 1 aromatic carbocycles. The Bertz CT molecular complexity index is 572. The molecule has 24 heavy (non-hydrogen) atoms. The van der Waals surface area contributed by atoms with Crippen LogP contribution in [0.3, 0.4) is 0 Å². The van der Waals surface area contributed by atoms with E-state index in [2.05, 4.69) is 25.8 Å². The molecule has 0 spiro atoms. The number of nitrogens with one attached hydrogen (secondary N) is 3. The van der Waals surface area contributed by atoms with Crippen LogP contribution in [-0.2, 0) is 5.66 Å². The highest BCUT2D eigenvalue weighted by molar-refractivity contribution is 5.85. The maximum absolute atomic E-state index is 13.2. The zero-order valence-corrected chi connectivity index (χ0v) is 15.2. The third-order valence-electron chi connectivity index (χ3n) is 4.06. The van der Waals surface area contributed by atoms with E-state index in [-0.39, 0.29) is 30.6 Å². The Morgan fingerprint density at radius 1 is 1.21 bits per heavy atom. The fourth-order valence-electron chi connectivity index (χ4n) is 2.81. The molecule has 0 aromatic heterocycles. The minimum Gasteiger partial charge on any atom is -0.349 e. The van der Waals surface area contributed by atoms with Gasteiger partial charge >= 0.3 is 0 Å². The molecular formula is C16H24Cl2FN5. The number of rotatable bonds is 4. The normalized spacial score (nSPS) is 23.5. The van der Waals surface area contributed by atoms with E-state index in [4.69, 9.17) is 0 Å². The van der Waals surface area contributed by atoms with Crippen LogP contribution in [0.15, 0.2) is 41.5 Å². The van der Waals surface area contributed by atoms with Gasteiger partial charge in [0.2, 0.25) is 0 Å². The predicted octanol–water partition coefficient (Wildman–Crippen LogP) is 1.81. The summed E-state index contributed by atoms with van der Waals surface area (Å²) < 4.78 is 13.2. The van der Waals surface area contributed by atoms with Gasteiger partial charge in [0.25, 0.3) is 0 Å². The molecule has 2 aliphatic rings. The number of halogens is 3. The van der Waals surface area contributed by atoms with Crippen molar-refractivity contribution >= 4 is 30.6 Å². The Balaban J connectivity index is 0.00000144. The van der Waals surface area contributed by atoms with Crippen LogP contribution in [-0.4, -0.2) is 43.6 Å². The third-order valence-corrected chi connectivity index (χ3v) is 4.06. The van der Waals surface area contributed by atoms with Crippen molar-refractivity contribution in [2.75, 3.05) is 32.8 Å². The van der Waals surface area contributed by atoms with E-state index in [0.29, 0.717) is 0 Å². The average molecular weight is 376 g/mol. The van der Waals surface area contributed by atoms with E-state index >= 15 is 0 Å². The van der Waals surface area contributed by atoms with Crippen molar-refractivity contribution in [2.24, 2.45) is 4.99 Å². The van der Waals surface area contributed by atoms with Gasteiger partial charge in [-0.15, -0.1) is 24.8 Å². The summed E-state index contributed by atoms with van der Waals surface area (Å²) in [7, 11) is 0. The van der Waals surface area contributed by atoms with Gasteiger partial charge in [0, 0.05) is 32.4 Å². The first-order valence-corrected chi connectivity index (χ1v) is 7.62. The molecule has 0 saturated carbocycles. The number of hydrogen-bond acceptors (Lipinski definition) is 5. The highest BCUT2D eigenvalue weighted by atomic mass is 35.5. The summed E-state index contributed by atoms with van der Waals surface area (Å²) in [6, 6.07) is 6.58. The minimum atomic E-state index is -0.551. The van der Waals surface area contributed by atoms with E-state index in [0.717, 1.165) is 44.2 Å². The summed E-state index contributed by atoms with van der Waals surface area (Å²) >= 11 is 0. The summed E-state index contributed by atoms with van der Waals surface area (Å²) in [4.78, 5) is 6.61. The quantitative estimate of drug-likeness (QED) is 0.751.